The minimum Gasteiger partial charge on any atom is -0.338 e. The van der Waals surface area contributed by atoms with Crippen LogP contribution in [0.25, 0.3) is 0 Å². The molecular formula is C15H27Cl2N3OS. The van der Waals surface area contributed by atoms with Gasteiger partial charge in [0.25, 0.3) is 0 Å². The van der Waals surface area contributed by atoms with Crippen LogP contribution in [-0.2, 0) is 24.2 Å². The van der Waals surface area contributed by atoms with E-state index in [9.17, 15) is 4.79 Å². The Morgan fingerprint density at radius 1 is 1.32 bits per heavy atom. The highest BCUT2D eigenvalue weighted by Crippen LogP contribution is 2.27. The van der Waals surface area contributed by atoms with E-state index in [1.807, 2.05) is 7.05 Å². The third kappa shape index (κ3) is 5.69. The van der Waals surface area contributed by atoms with Crippen LogP contribution in [0.2, 0.25) is 0 Å². The third-order valence-corrected chi connectivity index (χ3v) is 4.82. The average Bonchev–Trinajstić information content (AvgIpc) is 2.78. The van der Waals surface area contributed by atoms with E-state index in [4.69, 9.17) is 5.73 Å². The van der Waals surface area contributed by atoms with Crippen molar-refractivity contribution in [1.29, 1.82) is 0 Å². The molecule has 0 aromatic carbocycles. The number of hydrogen-bond donors (Lipinski definition) is 1. The second kappa shape index (κ2) is 9.71. The number of likely N-dealkylation sites (N-methyl/N-ethyl adjacent to an activating group) is 1. The van der Waals surface area contributed by atoms with Crippen LogP contribution in [0.1, 0.15) is 48.7 Å². The number of aryl methyl sites for hydroxylation is 2. The molecule has 2 rings (SSSR count). The molecule has 0 spiro atoms. The molecule has 0 bridgehead atoms. The van der Waals surface area contributed by atoms with Gasteiger partial charge < -0.3 is 10.6 Å². The topological polar surface area (TPSA) is 59.2 Å². The summed E-state index contributed by atoms with van der Waals surface area (Å²) in [6.07, 6.45) is 5.48. The fourth-order valence-corrected chi connectivity index (χ4v) is 3.86. The van der Waals surface area contributed by atoms with E-state index in [1.54, 1.807) is 16.2 Å². The Kier molecular flexibility index (Phi) is 9.55. The van der Waals surface area contributed by atoms with Crippen LogP contribution < -0.4 is 5.73 Å². The van der Waals surface area contributed by atoms with E-state index in [1.165, 1.54) is 23.4 Å². The van der Waals surface area contributed by atoms with Gasteiger partial charge in [0.05, 0.1) is 18.3 Å². The van der Waals surface area contributed by atoms with E-state index in [2.05, 4.69) is 18.8 Å². The van der Waals surface area contributed by atoms with E-state index >= 15 is 0 Å². The molecule has 1 amide bonds. The predicted octanol–water partition coefficient (Wildman–Crippen LogP) is 3.20. The van der Waals surface area contributed by atoms with Crippen molar-refractivity contribution >= 4 is 42.1 Å². The van der Waals surface area contributed by atoms with Crippen LogP contribution in [-0.4, -0.2) is 28.9 Å². The van der Waals surface area contributed by atoms with Gasteiger partial charge in [0, 0.05) is 11.9 Å². The van der Waals surface area contributed by atoms with Crippen molar-refractivity contribution in [3.8, 4) is 0 Å². The number of amides is 1. The SMILES string of the molecule is CC(C)C[C@H](N)C(=O)N(C)Cc1nc2c(s1)CCCC2.Cl.Cl. The molecular weight excluding hydrogens is 341 g/mol. The minimum absolute atomic E-state index is 0. The number of nitrogens with two attached hydrogens (primary N) is 1. The molecule has 0 fully saturated rings. The lowest BCUT2D eigenvalue weighted by atomic mass is 10.0. The van der Waals surface area contributed by atoms with Crippen molar-refractivity contribution in [3.63, 3.8) is 0 Å². The van der Waals surface area contributed by atoms with Crippen molar-refractivity contribution in [2.24, 2.45) is 11.7 Å². The molecule has 1 atom stereocenters. The number of aromatic nitrogens is 1. The summed E-state index contributed by atoms with van der Waals surface area (Å²) < 4.78 is 0. The van der Waals surface area contributed by atoms with Gasteiger partial charge in [0.1, 0.15) is 5.01 Å². The van der Waals surface area contributed by atoms with Crippen LogP contribution in [0.4, 0.5) is 0 Å². The van der Waals surface area contributed by atoms with Crippen LogP contribution in [0.3, 0.4) is 0 Å². The summed E-state index contributed by atoms with van der Waals surface area (Å²) in [6, 6.07) is -0.394. The fourth-order valence-electron chi connectivity index (χ4n) is 2.65. The van der Waals surface area contributed by atoms with Gasteiger partial charge in [-0.2, -0.15) is 0 Å². The van der Waals surface area contributed by atoms with Crippen molar-refractivity contribution in [2.75, 3.05) is 7.05 Å². The molecule has 0 radical (unpaired) electrons. The molecule has 0 aliphatic heterocycles. The van der Waals surface area contributed by atoms with E-state index in [0.29, 0.717) is 12.5 Å². The summed E-state index contributed by atoms with van der Waals surface area (Å²) in [5, 5.41) is 1.05. The lowest BCUT2D eigenvalue weighted by Crippen LogP contribution is -2.42. The Hall–Kier alpha value is -0.360. The molecule has 2 N–H and O–H groups in total. The molecule has 4 nitrogen and oxygen atoms in total. The van der Waals surface area contributed by atoms with Gasteiger partial charge in [0.15, 0.2) is 0 Å². The lowest BCUT2D eigenvalue weighted by molar-refractivity contribution is -0.132. The second-order valence-corrected chi connectivity index (χ2v) is 7.28. The molecule has 1 aliphatic carbocycles. The molecule has 0 saturated heterocycles. The molecule has 1 heterocycles. The molecule has 1 aromatic heterocycles. The number of carbonyl (C=O) groups is 1. The Morgan fingerprint density at radius 2 is 1.95 bits per heavy atom. The quantitative estimate of drug-likeness (QED) is 0.868. The maximum absolute atomic E-state index is 12.2. The number of nitrogens with zero attached hydrogens (tertiary/aromatic N) is 2. The monoisotopic (exact) mass is 367 g/mol. The summed E-state index contributed by atoms with van der Waals surface area (Å²) >= 11 is 1.76. The average molecular weight is 368 g/mol. The first-order valence-electron chi connectivity index (χ1n) is 7.45. The Balaban J connectivity index is 0.00000220. The molecule has 0 saturated carbocycles. The number of carbonyl (C=O) groups excluding carboxylic acids is 1. The predicted molar refractivity (Wildman–Crippen MR) is 97.2 cm³/mol. The van der Waals surface area contributed by atoms with Crippen LogP contribution >= 0.6 is 36.2 Å². The molecule has 22 heavy (non-hydrogen) atoms. The van der Waals surface area contributed by atoms with Crippen LogP contribution in [0, 0.1) is 5.92 Å². The van der Waals surface area contributed by atoms with Gasteiger partial charge in [-0.15, -0.1) is 36.2 Å². The summed E-state index contributed by atoms with van der Waals surface area (Å²) in [6.45, 7) is 4.76. The van der Waals surface area contributed by atoms with Crippen molar-refractivity contribution in [3.05, 3.63) is 15.6 Å². The zero-order chi connectivity index (χ0) is 14.7. The van der Waals surface area contributed by atoms with Gasteiger partial charge in [-0.05, 0) is 38.0 Å². The Bertz CT molecular complexity index is 456. The summed E-state index contributed by atoms with van der Waals surface area (Å²) in [5.74, 6) is 0.460. The molecule has 128 valence electrons. The summed E-state index contributed by atoms with van der Waals surface area (Å²) in [4.78, 5) is 20.0. The van der Waals surface area contributed by atoms with Crippen LogP contribution in [0.5, 0.6) is 0 Å². The van der Waals surface area contributed by atoms with Crippen molar-refractivity contribution in [1.82, 2.24) is 9.88 Å². The van der Waals surface area contributed by atoms with E-state index in [0.717, 1.165) is 24.3 Å². The first-order valence-corrected chi connectivity index (χ1v) is 8.27. The largest absolute Gasteiger partial charge is 0.338 e. The third-order valence-electron chi connectivity index (χ3n) is 3.68. The maximum Gasteiger partial charge on any atom is 0.239 e. The Morgan fingerprint density at radius 3 is 2.55 bits per heavy atom. The molecule has 7 heteroatoms. The van der Waals surface area contributed by atoms with Gasteiger partial charge in [0.2, 0.25) is 5.91 Å². The van der Waals surface area contributed by atoms with E-state index in [-0.39, 0.29) is 30.7 Å². The smallest absolute Gasteiger partial charge is 0.239 e. The van der Waals surface area contributed by atoms with Crippen molar-refractivity contribution < 1.29 is 4.79 Å². The standard InChI is InChI=1S/C15H25N3OS.2ClH/c1-10(2)8-11(16)15(19)18(3)9-14-17-12-6-4-5-7-13(12)20-14;;/h10-11H,4-9,16H2,1-3H3;2*1H/t11-;;/m0../s1. The normalized spacial score (nSPS) is 14.6. The minimum atomic E-state index is -0.394. The number of thiazole rings is 1. The molecule has 1 aromatic rings. The zero-order valence-electron chi connectivity index (χ0n) is 13.5. The molecule has 1 aliphatic rings. The molecule has 0 unspecified atom stereocenters. The van der Waals surface area contributed by atoms with E-state index < -0.39 is 6.04 Å². The highest BCUT2D eigenvalue weighted by Gasteiger charge is 2.21. The van der Waals surface area contributed by atoms with Crippen LogP contribution in [0.15, 0.2) is 0 Å². The highest BCUT2D eigenvalue weighted by atomic mass is 35.5. The second-order valence-electron chi connectivity index (χ2n) is 6.11. The van der Waals surface area contributed by atoms with Gasteiger partial charge >= 0.3 is 0 Å². The zero-order valence-corrected chi connectivity index (χ0v) is 16.0. The number of halogens is 2. The van der Waals surface area contributed by atoms with Gasteiger partial charge in [-0.1, -0.05) is 13.8 Å². The first-order chi connectivity index (χ1) is 9.47. The van der Waals surface area contributed by atoms with Gasteiger partial charge in [-0.25, -0.2) is 4.98 Å². The summed E-state index contributed by atoms with van der Waals surface area (Å²) in [7, 11) is 1.82. The van der Waals surface area contributed by atoms with Gasteiger partial charge in [-0.3, -0.25) is 4.79 Å². The number of hydrogen-bond acceptors (Lipinski definition) is 4. The maximum atomic E-state index is 12.2. The first kappa shape index (κ1) is 21.6. The summed E-state index contributed by atoms with van der Waals surface area (Å²) in [5.41, 5.74) is 7.22. The lowest BCUT2D eigenvalue weighted by Gasteiger charge is -2.21. The number of fused-ring (bicyclic) bond motifs is 1. The van der Waals surface area contributed by atoms with Crippen molar-refractivity contribution in [2.45, 2.75) is 58.5 Å². The number of rotatable bonds is 5. The highest BCUT2D eigenvalue weighted by molar-refractivity contribution is 7.11. The fraction of sp³-hybridized carbons (Fsp3) is 0.733. The Labute approximate surface area is 149 Å².